The van der Waals surface area contributed by atoms with Gasteiger partial charge in [0.15, 0.2) is 5.11 Å². The summed E-state index contributed by atoms with van der Waals surface area (Å²) in [6, 6.07) is 9.82. The molecule has 1 saturated heterocycles. The van der Waals surface area contributed by atoms with Crippen LogP contribution in [0.1, 0.15) is 25.0 Å². The van der Waals surface area contributed by atoms with Crippen molar-refractivity contribution in [1.29, 1.82) is 5.26 Å². The molecule has 2 aliphatic heterocycles. The molecule has 4 rings (SSSR count). The molecule has 0 spiro atoms. The van der Waals surface area contributed by atoms with Gasteiger partial charge < -0.3 is 19.6 Å². The molecule has 1 atom stereocenters. The second-order valence-corrected chi connectivity index (χ2v) is 8.98. The number of amides is 1. The summed E-state index contributed by atoms with van der Waals surface area (Å²) >= 11 is 5.58. The largest absolute Gasteiger partial charge is 0.484 e. The van der Waals surface area contributed by atoms with Crippen molar-refractivity contribution >= 4 is 40.3 Å². The number of alkyl halides is 3. The van der Waals surface area contributed by atoms with E-state index in [0.29, 0.717) is 18.0 Å². The molecule has 1 fully saturated rings. The first-order valence-electron chi connectivity index (χ1n) is 10.3. The van der Waals surface area contributed by atoms with E-state index in [-0.39, 0.29) is 23.5 Å². The molecule has 0 bridgehead atoms. The van der Waals surface area contributed by atoms with Crippen molar-refractivity contribution in [1.82, 2.24) is 0 Å². The number of nitrogens with zero attached hydrogens (tertiary/aromatic N) is 4. The van der Waals surface area contributed by atoms with Crippen molar-refractivity contribution in [2.75, 3.05) is 34.9 Å². The molecular weight excluding hydrogens is 469 g/mol. The molecule has 1 N–H and O–H groups in total. The van der Waals surface area contributed by atoms with Crippen molar-refractivity contribution in [3.05, 3.63) is 47.5 Å². The van der Waals surface area contributed by atoms with Gasteiger partial charge in [0, 0.05) is 12.7 Å². The number of anilines is 3. The Morgan fingerprint density at radius 3 is 2.53 bits per heavy atom. The minimum Gasteiger partial charge on any atom is -0.484 e. The van der Waals surface area contributed by atoms with Crippen LogP contribution in [0, 0.1) is 11.3 Å². The SMILES string of the molecule is CN1C[C@@H](CO)Oc2ccc(N3C(=S)N(c4ccc(C#N)c(C(F)(F)F)c4)C(=O)C3(C)C)cc21. The van der Waals surface area contributed by atoms with Crippen LogP contribution in [0.2, 0.25) is 0 Å². The first-order chi connectivity index (χ1) is 15.9. The van der Waals surface area contributed by atoms with Gasteiger partial charge in [-0.15, -0.1) is 0 Å². The Bertz CT molecular complexity index is 1220. The van der Waals surface area contributed by atoms with Crippen LogP contribution < -0.4 is 19.4 Å². The molecule has 1 amide bonds. The zero-order valence-electron chi connectivity index (χ0n) is 18.6. The lowest BCUT2D eigenvalue weighted by molar-refractivity contribution is -0.137. The smallest absolute Gasteiger partial charge is 0.417 e. The number of thiocarbonyl (C=S) groups is 1. The van der Waals surface area contributed by atoms with Crippen LogP contribution in [0.3, 0.4) is 0 Å². The summed E-state index contributed by atoms with van der Waals surface area (Å²) < 4.78 is 46.3. The maximum atomic E-state index is 13.5. The van der Waals surface area contributed by atoms with Crippen LogP contribution in [0.15, 0.2) is 36.4 Å². The molecule has 0 aliphatic carbocycles. The Kier molecular flexibility index (Phi) is 5.70. The van der Waals surface area contributed by atoms with E-state index < -0.39 is 28.7 Å². The fourth-order valence-corrected chi connectivity index (χ4v) is 4.74. The van der Waals surface area contributed by atoms with Crippen molar-refractivity contribution in [2.24, 2.45) is 0 Å². The van der Waals surface area contributed by atoms with Gasteiger partial charge in [-0.05, 0) is 62.5 Å². The highest BCUT2D eigenvalue weighted by Crippen LogP contribution is 2.42. The predicted molar refractivity (Wildman–Crippen MR) is 124 cm³/mol. The van der Waals surface area contributed by atoms with E-state index in [2.05, 4.69) is 0 Å². The van der Waals surface area contributed by atoms with Gasteiger partial charge in [0.25, 0.3) is 5.91 Å². The summed E-state index contributed by atoms with van der Waals surface area (Å²) in [5, 5.41) is 18.5. The topological polar surface area (TPSA) is 80.0 Å². The Morgan fingerprint density at radius 2 is 1.91 bits per heavy atom. The van der Waals surface area contributed by atoms with Crippen LogP contribution in [0.25, 0.3) is 0 Å². The summed E-state index contributed by atoms with van der Waals surface area (Å²) in [7, 11) is 1.84. The van der Waals surface area contributed by atoms with Gasteiger partial charge in [0.2, 0.25) is 0 Å². The Hall–Kier alpha value is -3.36. The first kappa shape index (κ1) is 23.8. The lowest BCUT2D eigenvalue weighted by Gasteiger charge is -2.35. The summed E-state index contributed by atoms with van der Waals surface area (Å²) in [5.41, 5.74) is -1.65. The normalized spacial score (nSPS) is 19.7. The van der Waals surface area contributed by atoms with Crippen molar-refractivity contribution < 1.29 is 27.8 Å². The standard InChI is InChI=1S/C23H21F3N4O3S/c1-22(2)20(32)29(14-5-4-13(10-27)17(8-14)23(24,25)26)21(34)30(22)15-6-7-19-18(9-15)28(3)11-16(12-31)33-19/h4-9,16,31H,11-12H2,1-3H3/t16-/m0/s1. The monoisotopic (exact) mass is 490 g/mol. The number of likely N-dealkylation sites (N-methyl/N-ethyl adjacent to an activating group) is 1. The fourth-order valence-electron chi connectivity index (χ4n) is 4.22. The van der Waals surface area contributed by atoms with Crippen LogP contribution in [-0.2, 0) is 11.0 Å². The van der Waals surface area contributed by atoms with E-state index in [0.717, 1.165) is 22.7 Å². The number of aliphatic hydroxyl groups is 1. The molecule has 2 heterocycles. The Morgan fingerprint density at radius 1 is 1.24 bits per heavy atom. The van der Waals surface area contributed by atoms with Crippen LogP contribution in [0.4, 0.5) is 30.2 Å². The van der Waals surface area contributed by atoms with Gasteiger partial charge in [-0.1, -0.05) is 0 Å². The third-order valence-corrected chi connectivity index (χ3v) is 6.31. The molecule has 2 aromatic rings. The number of aliphatic hydroxyl groups excluding tert-OH is 1. The maximum absolute atomic E-state index is 13.5. The fraction of sp³-hybridized carbons (Fsp3) is 0.348. The number of rotatable bonds is 3. The highest BCUT2D eigenvalue weighted by Gasteiger charge is 2.51. The van der Waals surface area contributed by atoms with Gasteiger partial charge in [-0.2, -0.15) is 18.4 Å². The van der Waals surface area contributed by atoms with Crippen LogP contribution in [0.5, 0.6) is 5.75 Å². The molecular formula is C23H21F3N4O3S. The number of halogens is 3. The number of ether oxygens (including phenoxy) is 1. The van der Waals surface area contributed by atoms with Crippen molar-refractivity contribution in [2.45, 2.75) is 31.7 Å². The molecule has 0 unspecified atom stereocenters. The van der Waals surface area contributed by atoms with E-state index in [4.69, 9.17) is 22.2 Å². The Balaban J connectivity index is 1.76. The Labute approximate surface area is 199 Å². The summed E-state index contributed by atoms with van der Waals surface area (Å²) in [6.45, 7) is 3.59. The number of benzene rings is 2. The van der Waals surface area contributed by atoms with E-state index in [1.807, 2.05) is 11.9 Å². The van der Waals surface area contributed by atoms with Crippen molar-refractivity contribution in [3.8, 4) is 11.8 Å². The molecule has 0 aromatic heterocycles. The third kappa shape index (κ3) is 3.73. The summed E-state index contributed by atoms with van der Waals surface area (Å²) in [5.74, 6) is 0.0579. The highest BCUT2D eigenvalue weighted by atomic mass is 32.1. The minimum atomic E-state index is -4.77. The van der Waals surface area contributed by atoms with E-state index in [1.165, 1.54) is 12.1 Å². The number of carbonyl (C=O) groups is 1. The van der Waals surface area contributed by atoms with Gasteiger partial charge in [0.05, 0.1) is 41.7 Å². The molecule has 11 heteroatoms. The molecule has 0 saturated carbocycles. The minimum absolute atomic E-state index is 0.0143. The predicted octanol–water partition coefficient (Wildman–Crippen LogP) is 3.68. The number of hydrogen-bond donors (Lipinski definition) is 1. The number of carbonyl (C=O) groups excluding carboxylic acids is 1. The van der Waals surface area contributed by atoms with Crippen LogP contribution >= 0.6 is 12.2 Å². The van der Waals surface area contributed by atoms with Gasteiger partial charge in [-0.3, -0.25) is 9.69 Å². The number of hydrogen-bond acceptors (Lipinski definition) is 6. The number of nitriles is 1. The summed E-state index contributed by atoms with van der Waals surface area (Å²) in [4.78, 5) is 17.9. The third-order valence-electron chi connectivity index (χ3n) is 5.94. The second-order valence-electron chi connectivity index (χ2n) is 8.61. The number of fused-ring (bicyclic) bond motifs is 1. The molecule has 0 radical (unpaired) electrons. The van der Waals surface area contributed by atoms with Crippen molar-refractivity contribution in [3.63, 3.8) is 0 Å². The molecule has 7 nitrogen and oxygen atoms in total. The van der Waals surface area contributed by atoms with Gasteiger partial charge in [-0.25, -0.2) is 0 Å². The van der Waals surface area contributed by atoms with E-state index in [9.17, 15) is 23.1 Å². The first-order valence-corrected chi connectivity index (χ1v) is 10.7. The zero-order valence-corrected chi connectivity index (χ0v) is 19.4. The van der Waals surface area contributed by atoms with Gasteiger partial charge >= 0.3 is 6.18 Å². The second kappa shape index (κ2) is 8.14. The highest BCUT2D eigenvalue weighted by molar-refractivity contribution is 7.81. The molecule has 2 aliphatic rings. The maximum Gasteiger partial charge on any atom is 0.417 e. The molecule has 34 heavy (non-hydrogen) atoms. The van der Waals surface area contributed by atoms with E-state index in [1.54, 1.807) is 36.9 Å². The molecule has 2 aromatic carbocycles. The summed E-state index contributed by atoms with van der Waals surface area (Å²) in [6.07, 6.45) is -5.14. The lowest BCUT2D eigenvalue weighted by Crippen LogP contribution is -2.44. The zero-order chi connectivity index (χ0) is 25.0. The molecule has 178 valence electrons. The quantitative estimate of drug-likeness (QED) is 0.658. The van der Waals surface area contributed by atoms with Gasteiger partial charge in [0.1, 0.15) is 17.4 Å². The average molecular weight is 491 g/mol. The lowest BCUT2D eigenvalue weighted by atomic mass is 10.0. The average Bonchev–Trinajstić information content (AvgIpc) is 2.96. The van der Waals surface area contributed by atoms with Crippen LogP contribution in [-0.4, -0.2) is 48.0 Å². The van der Waals surface area contributed by atoms with E-state index >= 15 is 0 Å².